The molecule has 2 aromatic rings. The van der Waals surface area contributed by atoms with Crippen LogP contribution in [0.15, 0.2) is 42.5 Å². The molecule has 3 heterocycles. The average Bonchev–Trinajstić information content (AvgIpc) is 3.40. The van der Waals surface area contributed by atoms with Crippen molar-refractivity contribution in [1.82, 2.24) is 10.2 Å². The van der Waals surface area contributed by atoms with Gasteiger partial charge in [-0.1, -0.05) is 23.7 Å². The highest BCUT2D eigenvalue weighted by Crippen LogP contribution is 2.54. The summed E-state index contributed by atoms with van der Waals surface area (Å²) >= 11 is 5.97. The highest BCUT2D eigenvalue weighted by molar-refractivity contribution is 6.30. The number of nitrogens with zero attached hydrogens (tertiary/aromatic N) is 1. The van der Waals surface area contributed by atoms with Crippen LogP contribution in [0.3, 0.4) is 0 Å². The number of carbonyl (C=O) groups is 3. The fourth-order valence-corrected chi connectivity index (χ4v) is 5.61. The molecule has 0 radical (unpaired) electrons. The first kappa shape index (κ1) is 22.9. The lowest BCUT2D eigenvalue weighted by molar-refractivity contribution is -0.143. The molecule has 3 aliphatic rings. The number of anilines is 1. The van der Waals surface area contributed by atoms with E-state index in [2.05, 4.69) is 10.6 Å². The van der Waals surface area contributed by atoms with Crippen molar-refractivity contribution < 1.29 is 28.6 Å². The molecule has 2 fully saturated rings. The predicted octanol–water partition coefficient (Wildman–Crippen LogP) is 1.97. The Labute approximate surface area is 200 Å². The van der Waals surface area contributed by atoms with Crippen molar-refractivity contribution in [3.05, 3.63) is 64.4 Å². The number of likely N-dealkylation sites (tertiary alicyclic amines) is 1. The number of methoxy groups -OCH3 is 1. The number of halogens is 2. The molecule has 3 amide bonds. The van der Waals surface area contributed by atoms with Crippen LogP contribution in [0, 0.1) is 17.7 Å². The number of imide groups is 1. The molecule has 1 spiro atoms. The normalized spacial score (nSPS) is 28.4. The Balaban J connectivity index is 1.61. The summed E-state index contributed by atoms with van der Waals surface area (Å²) in [6.45, 7) is 0.469. The monoisotopic (exact) mass is 487 g/mol. The van der Waals surface area contributed by atoms with Gasteiger partial charge in [-0.15, -0.1) is 0 Å². The van der Waals surface area contributed by atoms with E-state index in [0.29, 0.717) is 29.3 Å². The third-order valence-corrected chi connectivity index (χ3v) is 7.24. The van der Waals surface area contributed by atoms with Crippen LogP contribution < -0.4 is 10.6 Å². The van der Waals surface area contributed by atoms with E-state index in [9.17, 15) is 23.9 Å². The van der Waals surface area contributed by atoms with Crippen LogP contribution in [0.2, 0.25) is 5.02 Å². The molecule has 5 rings (SSSR count). The van der Waals surface area contributed by atoms with Gasteiger partial charge in [0.1, 0.15) is 11.4 Å². The Bertz CT molecular complexity index is 1180. The van der Waals surface area contributed by atoms with Crippen LogP contribution in [0.1, 0.15) is 23.7 Å². The molecule has 8 nitrogen and oxygen atoms in total. The van der Waals surface area contributed by atoms with Gasteiger partial charge in [0, 0.05) is 36.5 Å². The first-order valence-electron chi connectivity index (χ1n) is 11.0. The second-order valence-corrected chi connectivity index (χ2v) is 9.23. The lowest BCUT2D eigenvalue weighted by atomic mass is 9.76. The first-order valence-corrected chi connectivity index (χ1v) is 11.3. The van der Waals surface area contributed by atoms with Crippen LogP contribution in [0.5, 0.6) is 0 Å². The number of amides is 3. The summed E-state index contributed by atoms with van der Waals surface area (Å²) in [5, 5.41) is 17.6. The van der Waals surface area contributed by atoms with Gasteiger partial charge in [-0.05, 0) is 42.3 Å². The van der Waals surface area contributed by atoms with Gasteiger partial charge in [-0.25, -0.2) is 4.39 Å². The minimum absolute atomic E-state index is 0.121. The number of hydrogen-bond acceptors (Lipinski definition) is 6. The summed E-state index contributed by atoms with van der Waals surface area (Å²) in [5.41, 5.74) is -0.618. The van der Waals surface area contributed by atoms with Gasteiger partial charge in [-0.2, -0.15) is 0 Å². The number of hydrogen-bond donors (Lipinski definition) is 3. The smallest absolute Gasteiger partial charge is 0.250 e. The minimum atomic E-state index is -1.69. The molecular formula is C24H23ClFN3O5. The Morgan fingerprint density at radius 1 is 1.18 bits per heavy atom. The van der Waals surface area contributed by atoms with Crippen molar-refractivity contribution in [2.45, 2.75) is 24.1 Å². The van der Waals surface area contributed by atoms with E-state index in [-0.39, 0.29) is 12.1 Å². The molecule has 0 bridgehead atoms. The van der Waals surface area contributed by atoms with Crippen LogP contribution in [0.25, 0.3) is 0 Å². The number of fused-ring (bicyclic) bond motifs is 4. The van der Waals surface area contributed by atoms with Gasteiger partial charge in [0.2, 0.25) is 17.7 Å². The standard InChI is InChI=1S/C24H23ClFN3O5/c1-34-10-2-9-29-21(31)17-18(22(29)32)24(15-11-14(26)7-8-16(15)27-23(24)33)28-19(17)20(30)12-3-5-13(25)6-4-12/h3-8,11,17-20,28,30H,2,9-10H2,1H3,(H,27,33)/t17-,18-,19-,20-,24-/m1/s1. The molecule has 0 saturated carbocycles. The molecule has 0 aliphatic carbocycles. The van der Waals surface area contributed by atoms with Crippen molar-refractivity contribution in [3.8, 4) is 0 Å². The van der Waals surface area contributed by atoms with Gasteiger partial charge < -0.3 is 15.2 Å². The lowest BCUT2D eigenvalue weighted by Crippen LogP contribution is -2.54. The van der Waals surface area contributed by atoms with Crippen LogP contribution in [-0.2, 0) is 24.7 Å². The van der Waals surface area contributed by atoms with Crippen molar-refractivity contribution in [3.63, 3.8) is 0 Å². The second kappa shape index (κ2) is 8.42. The summed E-state index contributed by atoms with van der Waals surface area (Å²) in [7, 11) is 1.52. The summed E-state index contributed by atoms with van der Waals surface area (Å²) in [6, 6.07) is 9.30. The van der Waals surface area contributed by atoms with Crippen LogP contribution >= 0.6 is 11.6 Å². The van der Waals surface area contributed by atoms with E-state index >= 15 is 0 Å². The molecule has 2 aromatic carbocycles. The molecule has 10 heteroatoms. The third-order valence-electron chi connectivity index (χ3n) is 6.98. The van der Waals surface area contributed by atoms with E-state index in [4.69, 9.17) is 16.3 Å². The minimum Gasteiger partial charge on any atom is -0.387 e. The van der Waals surface area contributed by atoms with E-state index in [1.165, 1.54) is 25.3 Å². The van der Waals surface area contributed by atoms with E-state index < -0.39 is 53.1 Å². The Hall–Kier alpha value is -2.85. The third kappa shape index (κ3) is 3.26. The first-order chi connectivity index (χ1) is 16.3. The summed E-state index contributed by atoms with van der Waals surface area (Å²) in [6.07, 6.45) is -0.805. The maximum atomic E-state index is 14.3. The molecule has 0 aromatic heterocycles. The Morgan fingerprint density at radius 2 is 1.91 bits per heavy atom. The predicted molar refractivity (Wildman–Crippen MR) is 120 cm³/mol. The fourth-order valence-electron chi connectivity index (χ4n) is 5.49. The van der Waals surface area contributed by atoms with Crippen molar-refractivity contribution >= 4 is 35.0 Å². The number of aliphatic hydroxyl groups is 1. The molecule has 5 atom stereocenters. The molecule has 2 saturated heterocycles. The van der Waals surface area contributed by atoms with Crippen molar-refractivity contribution in [2.24, 2.45) is 11.8 Å². The molecule has 34 heavy (non-hydrogen) atoms. The summed E-state index contributed by atoms with van der Waals surface area (Å²) in [4.78, 5) is 41.6. The maximum absolute atomic E-state index is 14.3. The van der Waals surface area contributed by atoms with Gasteiger partial charge >= 0.3 is 0 Å². The number of aliphatic hydroxyl groups excluding tert-OH is 1. The zero-order chi connectivity index (χ0) is 24.2. The number of nitrogens with one attached hydrogen (secondary N) is 2. The fraction of sp³-hybridized carbons (Fsp3) is 0.375. The van der Waals surface area contributed by atoms with E-state index in [1.807, 2.05) is 0 Å². The molecule has 0 unspecified atom stereocenters. The summed E-state index contributed by atoms with van der Waals surface area (Å²) < 4.78 is 19.3. The Kier molecular flexibility index (Phi) is 5.68. The van der Waals surface area contributed by atoms with Gasteiger partial charge in [0.25, 0.3) is 0 Å². The second-order valence-electron chi connectivity index (χ2n) is 8.80. The topological polar surface area (TPSA) is 108 Å². The zero-order valence-electron chi connectivity index (χ0n) is 18.3. The quantitative estimate of drug-likeness (QED) is 0.425. The summed E-state index contributed by atoms with van der Waals surface area (Å²) in [5.74, 6) is -4.32. The van der Waals surface area contributed by atoms with Gasteiger partial charge in [-0.3, -0.25) is 24.6 Å². The maximum Gasteiger partial charge on any atom is 0.250 e. The SMILES string of the molecule is COCCCN1C(=O)[C@H]2[C@H]([C@H](O)c3ccc(Cl)cc3)N[C@@]3(C(=O)Nc4ccc(F)cc43)[C@H]2C1=O. The highest BCUT2D eigenvalue weighted by atomic mass is 35.5. The molecule has 178 valence electrons. The Morgan fingerprint density at radius 3 is 2.62 bits per heavy atom. The van der Waals surface area contributed by atoms with Gasteiger partial charge in [0.15, 0.2) is 0 Å². The molecule has 3 N–H and O–H groups in total. The van der Waals surface area contributed by atoms with E-state index in [1.54, 1.807) is 24.3 Å². The zero-order valence-corrected chi connectivity index (χ0v) is 19.0. The number of benzene rings is 2. The largest absolute Gasteiger partial charge is 0.387 e. The van der Waals surface area contributed by atoms with Crippen molar-refractivity contribution in [1.29, 1.82) is 0 Å². The molecular weight excluding hydrogens is 465 g/mol. The number of carbonyl (C=O) groups excluding carboxylic acids is 3. The lowest BCUT2D eigenvalue weighted by Gasteiger charge is -2.30. The van der Waals surface area contributed by atoms with Crippen LogP contribution in [0.4, 0.5) is 10.1 Å². The van der Waals surface area contributed by atoms with E-state index in [0.717, 1.165) is 4.90 Å². The van der Waals surface area contributed by atoms with Crippen LogP contribution in [-0.4, -0.2) is 54.0 Å². The average molecular weight is 488 g/mol. The van der Waals surface area contributed by atoms with Gasteiger partial charge in [0.05, 0.1) is 24.0 Å². The molecule has 3 aliphatic heterocycles. The number of ether oxygens (including phenoxy) is 1. The number of rotatable bonds is 6. The highest BCUT2D eigenvalue weighted by Gasteiger charge is 2.71. The van der Waals surface area contributed by atoms with Crippen molar-refractivity contribution in [2.75, 3.05) is 25.6 Å².